The lowest BCUT2D eigenvalue weighted by atomic mass is 10.1. The number of pyridine rings is 1. The van der Waals surface area contributed by atoms with Crippen molar-refractivity contribution in [3.8, 4) is 17.7 Å². The first-order valence-corrected chi connectivity index (χ1v) is 7.55. The van der Waals surface area contributed by atoms with Crippen LogP contribution in [0.25, 0.3) is 0 Å². The molecule has 0 aliphatic carbocycles. The molecule has 0 radical (unpaired) electrons. The molecule has 1 heterocycles. The molecule has 6 heteroatoms. The highest BCUT2D eigenvalue weighted by Gasteiger charge is 2.24. The zero-order valence-electron chi connectivity index (χ0n) is 14.4. The molecule has 0 fully saturated rings. The van der Waals surface area contributed by atoms with Crippen LogP contribution >= 0.6 is 0 Å². The maximum absolute atomic E-state index is 13.5. The molecule has 0 aliphatic heterocycles. The van der Waals surface area contributed by atoms with Crippen LogP contribution in [-0.2, 0) is 0 Å². The summed E-state index contributed by atoms with van der Waals surface area (Å²) < 4.78 is 31.8. The van der Waals surface area contributed by atoms with Gasteiger partial charge in [0.25, 0.3) is 0 Å². The minimum Gasteiger partial charge on any atom is -0.391 e. The molecule has 2 aromatic rings. The van der Waals surface area contributed by atoms with Crippen LogP contribution in [0.2, 0.25) is 0 Å². The van der Waals surface area contributed by atoms with Gasteiger partial charge in [0.1, 0.15) is 11.6 Å². The Morgan fingerprint density at radius 2 is 1.88 bits per heavy atom. The SMILES string of the molecule is CN(C(=O)Oc1ccc(C#Cc2cc(F)ccc2F)cn1)C(C)(C)C. The number of rotatable bonds is 1. The first-order chi connectivity index (χ1) is 11.7. The van der Waals surface area contributed by atoms with E-state index in [1.165, 1.54) is 17.2 Å². The summed E-state index contributed by atoms with van der Waals surface area (Å²) in [7, 11) is 1.63. The molecule has 0 bridgehead atoms. The van der Waals surface area contributed by atoms with Crippen molar-refractivity contribution in [2.24, 2.45) is 0 Å². The number of hydrogen-bond acceptors (Lipinski definition) is 3. The van der Waals surface area contributed by atoms with Crippen LogP contribution in [-0.4, -0.2) is 28.6 Å². The molecule has 1 aromatic heterocycles. The predicted molar refractivity (Wildman–Crippen MR) is 90.1 cm³/mol. The summed E-state index contributed by atoms with van der Waals surface area (Å²) in [6.45, 7) is 5.64. The van der Waals surface area contributed by atoms with Gasteiger partial charge in [0, 0.05) is 30.4 Å². The first kappa shape index (κ1) is 18.4. The van der Waals surface area contributed by atoms with E-state index < -0.39 is 17.7 Å². The molecular formula is C19H18F2N2O2. The van der Waals surface area contributed by atoms with Gasteiger partial charge >= 0.3 is 6.09 Å². The Labute approximate surface area is 145 Å². The number of amides is 1. The molecule has 1 aromatic carbocycles. The molecule has 0 unspecified atom stereocenters. The quantitative estimate of drug-likeness (QED) is 0.735. The summed E-state index contributed by atoms with van der Waals surface area (Å²) in [5.74, 6) is 4.20. The number of hydrogen-bond donors (Lipinski definition) is 0. The fraction of sp³-hybridized carbons (Fsp3) is 0.263. The number of carbonyl (C=O) groups is 1. The van der Waals surface area contributed by atoms with Gasteiger partial charge in [-0.25, -0.2) is 18.6 Å². The smallest absolute Gasteiger partial charge is 0.391 e. The predicted octanol–water partition coefficient (Wildman–Crippen LogP) is 3.99. The van der Waals surface area contributed by atoms with E-state index in [2.05, 4.69) is 16.8 Å². The summed E-state index contributed by atoms with van der Waals surface area (Å²) in [5.41, 5.74) is 0.0623. The number of carbonyl (C=O) groups excluding carboxylic acids is 1. The lowest BCUT2D eigenvalue weighted by Crippen LogP contribution is -2.44. The van der Waals surface area contributed by atoms with Gasteiger partial charge in [-0.05, 0) is 45.0 Å². The summed E-state index contributed by atoms with van der Waals surface area (Å²) in [6.07, 6.45) is 0.866. The zero-order chi connectivity index (χ0) is 18.6. The normalized spacial score (nSPS) is 10.6. The molecule has 1 amide bonds. The lowest BCUT2D eigenvalue weighted by Gasteiger charge is -2.30. The van der Waals surface area contributed by atoms with Gasteiger partial charge in [0.05, 0.1) is 5.56 Å². The molecule has 0 spiro atoms. The highest BCUT2D eigenvalue weighted by Crippen LogP contribution is 2.14. The number of halogens is 2. The van der Waals surface area contributed by atoms with E-state index in [4.69, 9.17) is 4.74 Å². The van der Waals surface area contributed by atoms with Crippen LogP contribution in [0.15, 0.2) is 36.5 Å². The van der Waals surface area contributed by atoms with E-state index in [0.29, 0.717) is 5.56 Å². The van der Waals surface area contributed by atoms with E-state index in [1.807, 2.05) is 20.8 Å². The Bertz CT molecular complexity index is 831. The van der Waals surface area contributed by atoms with Crippen molar-refractivity contribution in [3.05, 3.63) is 59.3 Å². The Hall–Kier alpha value is -2.94. The fourth-order valence-electron chi connectivity index (χ4n) is 1.68. The molecule has 0 N–H and O–H groups in total. The highest BCUT2D eigenvalue weighted by atomic mass is 19.1. The van der Waals surface area contributed by atoms with Crippen LogP contribution in [0.3, 0.4) is 0 Å². The van der Waals surface area contributed by atoms with Crippen LogP contribution in [0.1, 0.15) is 31.9 Å². The Kier molecular flexibility index (Phi) is 5.38. The Morgan fingerprint density at radius 3 is 2.48 bits per heavy atom. The number of aromatic nitrogens is 1. The van der Waals surface area contributed by atoms with Gasteiger partial charge in [0.2, 0.25) is 5.88 Å². The Balaban J connectivity index is 2.10. The summed E-state index contributed by atoms with van der Waals surface area (Å²) in [4.78, 5) is 17.4. The van der Waals surface area contributed by atoms with Crippen molar-refractivity contribution in [2.45, 2.75) is 26.3 Å². The monoisotopic (exact) mass is 344 g/mol. The minimum atomic E-state index is -0.599. The fourth-order valence-corrected chi connectivity index (χ4v) is 1.68. The largest absolute Gasteiger partial charge is 0.416 e. The van der Waals surface area contributed by atoms with Crippen molar-refractivity contribution in [1.82, 2.24) is 9.88 Å². The maximum Gasteiger partial charge on any atom is 0.416 e. The second-order valence-corrected chi connectivity index (χ2v) is 6.36. The van der Waals surface area contributed by atoms with Gasteiger partial charge in [-0.1, -0.05) is 11.8 Å². The van der Waals surface area contributed by atoms with E-state index in [1.54, 1.807) is 13.1 Å². The number of ether oxygens (including phenoxy) is 1. The van der Waals surface area contributed by atoms with E-state index in [9.17, 15) is 13.6 Å². The van der Waals surface area contributed by atoms with E-state index in [0.717, 1.165) is 18.2 Å². The molecular weight excluding hydrogens is 326 g/mol. The lowest BCUT2D eigenvalue weighted by molar-refractivity contribution is 0.123. The summed E-state index contributed by atoms with van der Waals surface area (Å²) in [6, 6.07) is 6.14. The minimum absolute atomic E-state index is 0.0395. The van der Waals surface area contributed by atoms with Crippen LogP contribution in [0, 0.1) is 23.5 Å². The third-order valence-electron chi connectivity index (χ3n) is 3.48. The van der Waals surface area contributed by atoms with Gasteiger partial charge in [-0.2, -0.15) is 0 Å². The van der Waals surface area contributed by atoms with Crippen LogP contribution < -0.4 is 4.74 Å². The third-order valence-corrected chi connectivity index (χ3v) is 3.48. The zero-order valence-corrected chi connectivity index (χ0v) is 14.4. The first-order valence-electron chi connectivity index (χ1n) is 7.55. The second-order valence-electron chi connectivity index (χ2n) is 6.36. The molecule has 0 saturated carbocycles. The van der Waals surface area contributed by atoms with Gasteiger partial charge in [-0.3, -0.25) is 0 Å². The topological polar surface area (TPSA) is 42.4 Å². The molecule has 0 atom stereocenters. The van der Waals surface area contributed by atoms with Crippen LogP contribution in [0.5, 0.6) is 5.88 Å². The van der Waals surface area contributed by atoms with Crippen molar-refractivity contribution in [2.75, 3.05) is 7.05 Å². The molecule has 0 saturated heterocycles. The summed E-state index contributed by atoms with van der Waals surface area (Å²) in [5, 5.41) is 0. The highest BCUT2D eigenvalue weighted by molar-refractivity contribution is 5.70. The summed E-state index contributed by atoms with van der Waals surface area (Å²) >= 11 is 0. The average molecular weight is 344 g/mol. The maximum atomic E-state index is 13.5. The molecule has 2 rings (SSSR count). The van der Waals surface area contributed by atoms with Crippen molar-refractivity contribution >= 4 is 6.09 Å². The molecule has 25 heavy (non-hydrogen) atoms. The van der Waals surface area contributed by atoms with Crippen molar-refractivity contribution < 1.29 is 18.3 Å². The number of nitrogens with zero attached hydrogens (tertiary/aromatic N) is 2. The molecule has 130 valence electrons. The molecule has 4 nitrogen and oxygen atoms in total. The van der Waals surface area contributed by atoms with E-state index >= 15 is 0 Å². The average Bonchev–Trinajstić information content (AvgIpc) is 2.55. The van der Waals surface area contributed by atoms with Gasteiger partial charge in [0.15, 0.2) is 0 Å². The van der Waals surface area contributed by atoms with Gasteiger partial charge in [-0.15, -0.1) is 0 Å². The Morgan fingerprint density at radius 1 is 1.16 bits per heavy atom. The van der Waals surface area contributed by atoms with Crippen molar-refractivity contribution in [3.63, 3.8) is 0 Å². The van der Waals surface area contributed by atoms with Gasteiger partial charge < -0.3 is 9.64 Å². The van der Waals surface area contributed by atoms with Crippen LogP contribution in [0.4, 0.5) is 13.6 Å². The second kappa shape index (κ2) is 7.31. The van der Waals surface area contributed by atoms with Crippen molar-refractivity contribution in [1.29, 1.82) is 0 Å². The van der Waals surface area contributed by atoms with E-state index in [-0.39, 0.29) is 17.0 Å². The standard InChI is InChI=1S/C19H18F2N2O2/c1-19(2,3)23(4)18(24)25-17-10-6-13(12-22-17)5-7-14-11-15(20)8-9-16(14)21/h6,8-12H,1-4H3. The third kappa shape index (κ3) is 5.01. The molecule has 0 aliphatic rings. The number of benzene rings is 1.